The van der Waals surface area contributed by atoms with E-state index in [1.54, 1.807) is 26.2 Å². The van der Waals surface area contributed by atoms with Gasteiger partial charge in [0.05, 0.1) is 18.8 Å². The first-order chi connectivity index (χ1) is 9.42. The lowest BCUT2D eigenvalue weighted by Crippen LogP contribution is -2.52. The van der Waals surface area contributed by atoms with Gasteiger partial charge in [-0.15, -0.1) is 0 Å². The minimum atomic E-state index is -0.907. The lowest BCUT2D eigenvalue weighted by Gasteiger charge is -2.24. The SMILES string of the molecule is CCCC(C)(N)C(=O)NCC(O)c1ccccc1OC. The van der Waals surface area contributed by atoms with Gasteiger partial charge in [-0.1, -0.05) is 31.5 Å². The second-order valence-corrected chi connectivity index (χ2v) is 5.14. The predicted molar refractivity (Wildman–Crippen MR) is 78.5 cm³/mol. The molecular weight excluding hydrogens is 256 g/mol. The number of aliphatic hydroxyl groups excluding tert-OH is 1. The van der Waals surface area contributed by atoms with E-state index >= 15 is 0 Å². The Morgan fingerprint density at radius 1 is 1.50 bits per heavy atom. The minimum absolute atomic E-state index is 0.107. The summed E-state index contributed by atoms with van der Waals surface area (Å²) in [4.78, 5) is 12.0. The van der Waals surface area contributed by atoms with E-state index < -0.39 is 11.6 Å². The fourth-order valence-corrected chi connectivity index (χ4v) is 2.08. The molecule has 0 spiro atoms. The fourth-order valence-electron chi connectivity index (χ4n) is 2.08. The first-order valence-electron chi connectivity index (χ1n) is 6.80. The van der Waals surface area contributed by atoms with Crippen LogP contribution in [0.15, 0.2) is 24.3 Å². The number of nitrogens with two attached hydrogens (primary N) is 1. The third-order valence-electron chi connectivity index (χ3n) is 3.24. The fraction of sp³-hybridized carbons (Fsp3) is 0.533. The standard InChI is InChI=1S/C15H24N2O3/c1-4-9-15(2,16)14(19)17-10-12(18)11-7-5-6-8-13(11)20-3/h5-8,12,18H,4,9-10,16H2,1-3H3,(H,17,19). The number of rotatable bonds is 7. The number of ether oxygens (including phenoxy) is 1. The van der Waals surface area contributed by atoms with Crippen molar-refractivity contribution in [3.63, 3.8) is 0 Å². The Morgan fingerprint density at radius 3 is 2.75 bits per heavy atom. The largest absolute Gasteiger partial charge is 0.496 e. The number of para-hydroxylation sites is 1. The summed E-state index contributed by atoms with van der Waals surface area (Å²) < 4.78 is 5.18. The van der Waals surface area contributed by atoms with Crippen LogP contribution in [0.25, 0.3) is 0 Å². The highest BCUT2D eigenvalue weighted by molar-refractivity contribution is 5.85. The van der Waals surface area contributed by atoms with Crippen molar-refractivity contribution in [3.05, 3.63) is 29.8 Å². The normalized spacial score (nSPS) is 15.2. The third kappa shape index (κ3) is 4.21. The highest BCUT2D eigenvalue weighted by Gasteiger charge is 2.27. The molecule has 0 heterocycles. The van der Waals surface area contributed by atoms with E-state index in [0.29, 0.717) is 17.7 Å². The summed E-state index contributed by atoms with van der Waals surface area (Å²) in [6.45, 7) is 3.78. The van der Waals surface area contributed by atoms with E-state index in [-0.39, 0.29) is 12.5 Å². The molecule has 0 aliphatic heterocycles. The molecule has 112 valence electrons. The van der Waals surface area contributed by atoms with Crippen molar-refractivity contribution < 1.29 is 14.6 Å². The molecule has 0 saturated carbocycles. The van der Waals surface area contributed by atoms with Crippen LogP contribution >= 0.6 is 0 Å². The summed E-state index contributed by atoms with van der Waals surface area (Å²) in [6.07, 6.45) is 0.603. The van der Waals surface area contributed by atoms with Gasteiger partial charge in [-0.05, 0) is 19.4 Å². The molecule has 0 radical (unpaired) electrons. The average molecular weight is 280 g/mol. The molecule has 0 saturated heterocycles. The summed E-state index contributed by atoms with van der Waals surface area (Å²) in [5.41, 5.74) is 5.67. The van der Waals surface area contributed by atoms with Crippen LogP contribution in [0.5, 0.6) is 5.75 Å². The molecule has 0 bridgehead atoms. The van der Waals surface area contributed by atoms with Crippen molar-refractivity contribution in [1.29, 1.82) is 0 Å². The van der Waals surface area contributed by atoms with Gasteiger partial charge in [-0.2, -0.15) is 0 Å². The highest BCUT2D eigenvalue weighted by Crippen LogP contribution is 2.24. The number of carbonyl (C=O) groups is 1. The topological polar surface area (TPSA) is 84.6 Å². The predicted octanol–water partition coefficient (Wildman–Crippen LogP) is 1.36. The number of hydrogen-bond acceptors (Lipinski definition) is 4. The number of amides is 1. The van der Waals surface area contributed by atoms with Gasteiger partial charge >= 0.3 is 0 Å². The number of nitrogens with one attached hydrogen (secondary N) is 1. The smallest absolute Gasteiger partial charge is 0.239 e. The molecule has 1 rings (SSSR count). The van der Waals surface area contributed by atoms with Crippen LogP contribution in [0.4, 0.5) is 0 Å². The summed E-state index contributed by atoms with van der Waals surface area (Å²) in [5.74, 6) is 0.339. The van der Waals surface area contributed by atoms with E-state index in [1.165, 1.54) is 0 Å². The van der Waals surface area contributed by atoms with Crippen LogP contribution in [-0.2, 0) is 4.79 Å². The van der Waals surface area contributed by atoms with Gasteiger partial charge in [0.2, 0.25) is 5.91 Å². The molecule has 4 N–H and O–H groups in total. The van der Waals surface area contributed by atoms with Crippen molar-refractivity contribution in [3.8, 4) is 5.75 Å². The zero-order valence-electron chi connectivity index (χ0n) is 12.3. The Balaban J connectivity index is 2.63. The van der Waals surface area contributed by atoms with Gasteiger partial charge in [-0.25, -0.2) is 0 Å². The molecule has 1 aromatic carbocycles. The van der Waals surface area contributed by atoms with Crippen LogP contribution in [0.1, 0.15) is 38.4 Å². The first-order valence-corrected chi connectivity index (χ1v) is 6.80. The third-order valence-corrected chi connectivity index (χ3v) is 3.24. The van der Waals surface area contributed by atoms with E-state index in [4.69, 9.17) is 10.5 Å². The van der Waals surface area contributed by atoms with Gasteiger partial charge in [0, 0.05) is 12.1 Å². The first kappa shape index (κ1) is 16.5. The average Bonchev–Trinajstić information content (AvgIpc) is 2.44. The van der Waals surface area contributed by atoms with Gasteiger partial charge in [0.25, 0.3) is 0 Å². The molecule has 1 amide bonds. The molecule has 2 atom stereocenters. The van der Waals surface area contributed by atoms with Crippen molar-refractivity contribution in [2.45, 2.75) is 38.3 Å². The second-order valence-electron chi connectivity index (χ2n) is 5.14. The van der Waals surface area contributed by atoms with Crippen LogP contribution in [0.3, 0.4) is 0 Å². The Kier molecular flexibility index (Phi) is 5.98. The van der Waals surface area contributed by atoms with E-state index in [1.807, 2.05) is 19.1 Å². The molecule has 2 unspecified atom stereocenters. The summed E-state index contributed by atoms with van der Waals surface area (Å²) in [5, 5.41) is 12.8. The lowest BCUT2D eigenvalue weighted by molar-refractivity contribution is -0.126. The quantitative estimate of drug-likeness (QED) is 0.704. The number of carbonyl (C=O) groups excluding carboxylic acids is 1. The van der Waals surface area contributed by atoms with Gasteiger partial charge < -0.3 is 20.9 Å². The molecule has 5 heteroatoms. The Morgan fingerprint density at radius 2 is 2.15 bits per heavy atom. The van der Waals surface area contributed by atoms with Crippen molar-refractivity contribution >= 4 is 5.91 Å². The molecule has 20 heavy (non-hydrogen) atoms. The molecule has 0 aliphatic carbocycles. The monoisotopic (exact) mass is 280 g/mol. The van der Waals surface area contributed by atoms with Gasteiger partial charge in [-0.3, -0.25) is 4.79 Å². The van der Waals surface area contributed by atoms with E-state index in [9.17, 15) is 9.90 Å². The van der Waals surface area contributed by atoms with Crippen LogP contribution < -0.4 is 15.8 Å². The van der Waals surface area contributed by atoms with Crippen molar-refractivity contribution in [2.24, 2.45) is 5.73 Å². The molecular formula is C15H24N2O3. The van der Waals surface area contributed by atoms with Gasteiger partial charge in [0.1, 0.15) is 5.75 Å². The Labute approximate surface area is 120 Å². The summed E-state index contributed by atoms with van der Waals surface area (Å²) in [6, 6.07) is 7.17. The zero-order valence-corrected chi connectivity index (χ0v) is 12.3. The molecule has 5 nitrogen and oxygen atoms in total. The maximum Gasteiger partial charge on any atom is 0.239 e. The summed E-state index contributed by atoms with van der Waals surface area (Å²) >= 11 is 0. The molecule has 0 aromatic heterocycles. The zero-order chi connectivity index (χ0) is 15.2. The van der Waals surface area contributed by atoms with Crippen molar-refractivity contribution in [1.82, 2.24) is 5.32 Å². The second kappa shape index (κ2) is 7.26. The number of benzene rings is 1. The van der Waals surface area contributed by atoms with E-state index in [0.717, 1.165) is 6.42 Å². The minimum Gasteiger partial charge on any atom is -0.496 e. The summed E-state index contributed by atoms with van der Waals surface area (Å²) in [7, 11) is 1.54. The van der Waals surface area contributed by atoms with Crippen molar-refractivity contribution in [2.75, 3.05) is 13.7 Å². The highest BCUT2D eigenvalue weighted by atomic mass is 16.5. The van der Waals surface area contributed by atoms with Gasteiger partial charge in [0.15, 0.2) is 0 Å². The number of methoxy groups -OCH3 is 1. The Bertz CT molecular complexity index is 446. The molecule has 1 aromatic rings. The molecule has 0 aliphatic rings. The maximum atomic E-state index is 12.0. The van der Waals surface area contributed by atoms with Crippen LogP contribution in [0, 0.1) is 0 Å². The molecule has 0 fully saturated rings. The van der Waals surface area contributed by atoms with Crippen LogP contribution in [0.2, 0.25) is 0 Å². The lowest BCUT2D eigenvalue weighted by atomic mass is 9.96. The van der Waals surface area contributed by atoms with Crippen LogP contribution in [-0.4, -0.2) is 30.2 Å². The number of aliphatic hydroxyl groups is 1. The maximum absolute atomic E-state index is 12.0. The number of hydrogen-bond donors (Lipinski definition) is 3. The Hall–Kier alpha value is -1.59. The van der Waals surface area contributed by atoms with E-state index in [2.05, 4.69) is 5.32 Å².